The van der Waals surface area contributed by atoms with Crippen molar-refractivity contribution >= 4 is 51.6 Å². The maximum atomic E-state index is 13.7. The van der Waals surface area contributed by atoms with Gasteiger partial charge in [-0.25, -0.2) is 38.7 Å². The molecule has 6 aromatic heterocycles. The smallest absolute Gasteiger partial charge is 0.224 e. The van der Waals surface area contributed by atoms with E-state index in [1.807, 2.05) is 39.5 Å². The van der Waals surface area contributed by atoms with E-state index in [4.69, 9.17) is 36.3 Å². The molecule has 320 valence electrons. The minimum absolute atomic E-state index is 0.288. The highest BCUT2D eigenvalue weighted by atomic mass is 35.5. The Bertz CT molecular complexity index is 2850. The van der Waals surface area contributed by atoms with Crippen LogP contribution in [0.3, 0.4) is 0 Å². The molecule has 2 saturated carbocycles. The number of nitrogens with one attached hydrogen (secondary N) is 2. The normalized spacial score (nSPS) is 15.8. The van der Waals surface area contributed by atoms with Crippen LogP contribution in [0, 0.1) is 11.6 Å². The van der Waals surface area contributed by atoms with Crippen LogP contribution in [0.5, 0.6) is 0 Å². The molecular formula is C46H44ClF2N13O. The number of aromatic nitrogens is 10. The monoisotopic (exact) mass is 867 g/mol. The minimum Gasteiger partial charge on any atom is -0.378 e. The van der Waals surface area contributed by atoms with Crippen LogP contribution >= 0.6 is 11.6 Å². The third-order valence-corrected chi connectivity index (χ3v) is 11.9. The van der Waals surface area contributed by atoms with E-state index in [0.717, 1.165) is 66.8 Å². The lowest BCUT2D eigenvalue weighted by molar-refractivity contribution is 0.122. The van der Waals surface area contributed by atoms with E-state index in [2.05, 4.69) is 35.5 Å². The summed E-state index contributed by atoms with van der Waals surface area (Å²) in [5, 5.41) is 7.26. The van der Waals surface area contributed by atoms with Crippen molar-refractivity contribution in [2.45, 2.75) is 63.5 Å². The minimum atomic E-state index is -0.303. The molecule has 3 aliphatic rings. The van der Waals surface area contributed by atoms with E-state index in [-0.39, 0.29) is 11.6 Å². The highest BCUT2D eigenvalue weighted by molar-refractivity contribution is 6.29. The van der Waals surface area contributed by atoms with Gasteiger partial charge in [0.1, 0.15) is 45.9 Å². The second-order valence-corrected chi connectivity index (χ2v) is 16.3. The molecule has 8 aromatic rings. The van der Waals surface area contributed by atoms with Crippen LogP contribution in [-0.4, -0.2) is 87.4 Å². The van der Waals surface area contributed by atoms with Crippen LogP contribution in [0.4, 0.5) is 26.5 Å². The molecule has 63 heavy (non-hydrogen) atoms. The largest absolute Gasteiger partial charge is 0.378 e. The number of anilines is 3. The number of morpholine rings is 1. The molecule has 17 heteroatoms. The van der Waals surface area contributed by atoms with Crippen molar-refractivity contribution in [3.8, 4) is 34.4 Å². The molecule has 2 aromatic carbocycles. The van der Waals surface area contributed by atoms with Gasteiger partial charge in [-0.3, -0.25) is 9.13 Å². The zero-order valence-corrected chi connectivity index (χ0v) is 35.1. The number of fused-ring (bicyclic) bond motifs is 2. The molecule has 2 N–H and O–H groups in total. The predicted octanol–water partition coefficient (Wildman–Crippen LogP) is 9.23. The second-order valence-electron chi connectivity index (χ2n) is 15.9. The molecule has 0 unspecified atom stereocenters. The molecule has 0 bridgehead atoms. The third kappa shape index (κ3) is 8.86. The Morgan fingerprint density at radius 3 is 1.51 bits per heavy atom. The highest BCUT2D eigenvalue weighted by Crippen LogP contribution is 2.32. The Morgan fingerprint density at radius 2 is 1.00 bits per heavy atom. The molecule has 14 nitrogen and oxygen atoms in total. The molecule has 0 atom stereocenters. The highest BCUT2D eigenvalue weighted by Gasteiger charge is 2.22. The fraction of sp³-hybridized carbons (Fsp3) is 0.304. The van der Waals surface area contributed by atoms with Gasteiger partial charge in [-0.15, -0.1) is 0 Å². The van der Waals surface area contributed by atoms with Crippen molar-refractivity contribution in [1.29, 1.82) is 0 Å². The van der Waals surface area contributed by atoms with Gasteiger partial charge in [0.05, 0.1) is 24.2 Å². The Kier molecular flexibility index (Phi) is 11.5. The van der Waals surface area contributed by atoms with Gasteiger partial charge in [-0.2, -0.15) is 9.97 Å². The Labute approximate surface area is 366 Å². The summed E-state index contributed by atoms with van der Waals surface area (Å²) >= 11 is 6.07. The predicted molar refractivity (Wildman–Crippen MR) is 239 cm³/mol. The zero-order chi connectivity index (χ0) is 42.7. The van der Waals surface area contributed by atoms with Gasteiger partial charge in [0.2, 0.25) is 11.9 Å². The zero-order valence-electron chi connectivity index (χ0n) is 34.3. The van der Waals surface area contributed by atoms with Crippen molar-refractivity contribution in [2.24, 2.45) is 0 Å². The molecule has 7 heterocycles. The number of nitrogens with zero attached hydrogens (tertiary/aromatic N) is 11. The van der Waals surface area contributed by atoms with Gasteiger partial charge in [0.15, 0.2) is 11.3 Å². The summed E-state index contributed by atoms with van der Waals surface area (Å²) < 4.78 is 36.4. The number of pyridine rings is 2. The average Bonchev–Trinajstić information content (AvgIpc) is 4.15. The standard InChI is InChI=1S/C25H26FN7O.C21H18ClFN6/c26-18-7-5-17(6-8-18)24-31-23-20(9-10-21(29-23)32-13-15-34-16-14-32)33(24)22-11-12-27-25(30-22)28-19-3-1-2-4-19;22-17-10-9-16-19(26-17)28-20(13-5-7-14(23)8-6-13)29(16)18-11-12-24-21(27-18)25-15-3-1-2-4-15/h5-12,19H,1-4,13-16H2,(H,27,28,30);5-12,15H,1-4H2,(H,24,25,27). The van der Waals surface area contributed by atoms with Crippen LogP contribution in [0.25, 0.3) is 56.7 Å². The van der Waals surface area contributed by atoms with Gasteiger partial charge in [-0.1, -0.05) is 37.3 Å². The van der Waals surface area contributed by atoms with Crippen LogP contribution in [-0.2, 0) is 4.74 Å². The SMILES string of the molecule is Fc1ccc(-c2nc3nc(Cl)ccc3n2-c2ccnc(NC3CCCC3)n2)cc1.Fc1ccc(-c2nc3nc(N4CCOCC4)ccc3n2-c2ccnc(NC3CCCC3)n2)cc1. The summed E-state index contributed by atoms with van der Waals surface area (Å²) in [7, 11) is 0. The van der Waals surface area contributed by atoms with Crippen LogP contribution in [0.15, 0.2) is 97.3 Å². The molecule has 1 aliphatic heterocycles. The average molecular weight is 868 g/mol. The topological polar surface area (TPSA) is 150 Å². The third-order valence-electron chi connectivity index (χ3n) is 11.6. The first-order valence-corrected chi connectivity index (χ1v) is 21.8. The van der Waals surface area contributed by atoms with Crippen LogP contribution < -0.4 is 15.5 Å². The lowest BCUT2D eigenvalue weighted by Crippen LogP contribution is -2.36. The van der Waals surface area contributed by atoms with E-state index in [0.29, 0.717) is 76.9 Å². The first kappa shape index (κ1) is 40.4. The second kappa shape index (κ2) is 18.0. The Balaban J connectivity index is 0.000000152. The summed E-state index contributed by atoms with van der Waals surface area (Å²) in [6.45, 7) is 2.97. The van der Waals surface area contributed by atoms with E-state index in [1.54, 1.807) is 42.7 Å². The van der Waals surface area contributed by atoms with Crippen molar-refractivity contribution in [2.75, 3.05) is 41.8 Å². The lowest BCUT2D eigenvalue weighted by Gasteiger charge is -2.27. The number of hydrogen-bond acceptors (Lipinski definition) is 12. The summed E-state index contributed by atoms with van der Waals surface area (Å²) in [4.78, 5) is 39.3. The molecule has 3 fully saturated rings. The molecule has 0 spiro atoms. The Hall–Kier alpha value is -6.65. The van der Waals surface area contributed by atoms with Gasteiger partial charge in [0, 0.05) is 48.7 Å². The van der Waals surface area contributed by atoms with E-state index >= 15 is 0 Å². The maximum Gasteiger partial charge on any atom is 0.224 e. The van der Waals surface area contributed by atoms with Gasteiger partial charge in [-0.05, 0) is 111 Å². The van der Waals surface area contributed by atoms with Crippen LogP contribution in [0.1, 0.15) is 51.4 Å². The summed E-state index contributed by atoms with van der Waals surface area (Å²) in [6, 6.07) is 24.7. The molecule has 0 radical (unpaired) electrons. The van der Waals surface area contributed by atoms with Gasteiger partial charge < -0.3 is 20.3 Å². The number of rotatable bonds is 9. The molecule has 0 amide bonds. The number of hydrogen-bond donors (Lipinski definition) is 2. The fourth-order valence-corrected chi connectivity index (χ4v) is 8.64. The number of imidazole rings is 2. The van der Waals surface area contributed by atoms with Crippen molar-refractivity contribution in [3.63, 3.8) is 0 Å². The van der Waals surface area contributed by atoms with Crippen LogP contribution in [0.2, 0.25) is 5.15 Å². The molecule has 1 saturated heterocycles. The number of halogens is 3. The van der Waals surface area contributed by atoms with E-state index < -0.39 is 0 Å². The van der Waals surface area contributed by atoms with E-state index in [1.165, 1.54) is 49.9 Å². The summed E-state index contributed by atoms with van der Waals surface area (Å²) in [5.41, 5.74) is 4.26. The maximum absolute atomic E-state index is 13.7. The van der Waals surface area contributed by atoms with Crippen molar-refractivity contribution in [1.82, 2.24) is 49.0 Å². The molecule has 2 aliphatic carbocycles. The molecule has 11 rings (SSSR count). The number of benzene rings is 2. The van der Waals surface area contributed by atoms with E-state index in [9.17, 15) is 8.78 Å². The summed E-state index contributed by atoms with van der Waals surface area (Å²) in [6.07, 6.45) is 12.9. The van der Waals surface area contributed by atoms with Crippen molar-refractivity contribution < 1.29 is 13.5 Å². The van der Waals surface area contributed by atoms with Gasteiger partial charge >= 0.3 is 0 Å². The quantitative estimate of drug-likeness (QED) is 0.133. The lowest BCUT2D eigenvalue weighted by atomic mass is 10.2. The first-order valence-electron chi connectivity index (χ1n) is 21.4. The summed E-state index contributed by atoms with van der Waals surface area (Å²) in [5.74, 6) is 4.10. The van der Waals surface area contributed by atoms with Crippen molar-refractivity contribution in [3.05, 3.63) is 114 Å². The van der Waals surface area contributed by atoms with Gasteiger partial charge in [0.25, 0.3) is 0 Å². The Morgan fingerprint density at radius 1 is 0.524 bits per heavy atom. The molecular weight excluding hydrogens is 824 g/mol. The fourth-order valence-electron chi connectivity index (χ4n) is 8.50. The number of ether oxygens (including phenoxy) is 1. The first-order chi connectivity index (χ1) is 30.9.